The SMILES string of the molecule is CC(C)([C]=O)NC(=O)COc1ccc2c(c1)Nc1ccccc1S2. The van der Waals surface area contributed by atoms with E-state index >= 15 is 0 Å². The minimum absolute atomic E-state index is 0.159. The second-order valence-corrected chi connectivity index (χ2v) is 7.03. The monoisotopic (exact) mass is 341 g/mol. The molecule has 0 fully saturated rings. The van der Waals surface area contributed by atoms with Gasteiger partial charge in [-0.1, -0.05) is 23.9 Å². The molecule has 0 saturated heterocycles. The number of amides is 1. The van der Waals surface area contributed by atoms with E-state index in [4.69, 9.17) is 4.74 Å². The number of rotatable bonds is 5. The van der Waals surface area contributed by atoms with Crippen LogP contribution in [-0.4, -0.2) is 24.3 Å². The third-order valence-corrected chi connectivity index (χ3v) is 4.56. The third kappa shape index (κ3) is 3.71. The minimum atomic E-state index is -1.02. The van der Waals surface area contributed by atoms with Crippen molar-refractivity contribution in [2.75, 3.05) is 11.9 Å². The molecular formula is C18H17N2O3S. The zero-order valence-corrected chi connectivity index (χ0v) is 14.2. The fourth-order valence-electron chi connectivity index (χ4n) is 2.27. The Morgan fingerprint density at radius 1 is 1.21 bits per heavy atom. The normalized spacial score (nSPS) is 12.4. The first-order chi connectivity index (χ1) is 11.5. The predicted molar refractivity (Wildman–Crippen MR) is 93.7 cm³/mol. The highest BCUT2D eigenvalue weighted by Crippen LogP contribution is 2.44. The molecule has 1 heterocycles. The lowest BCUT2D eigenvalue weighted by molar-refractivity contribution is -0.124. The number of benzene rings is 2. The Kier molecular flexibility index (Phi) is 4.49. The first-order valence-electron chi connectivity index (χ1n) is 7.48. The average Bonchev–Trinajstić information content (AvgIpc) is 2.57. The molecule has 1 aliphatic heterocycles. The maximum absolute atomic E-state index is 11.8. The molecule has 0 saturated carbocycles. The van der Waals surface area contributed by atoms with Gasteiger partial charge in [0.25, 0.3) is 5.91 Å². The van der Waals surface area contributed by atoms with Gasteiger partial charge in [-0.25, -0.2) is 0 Å². The largest absolute Gasteiger partial charge is 0.484 e. The molecule has 0 bridgehead atoms. The maximum atomic E-state index is 11.8. The van der Waals surface area contributed by atoms with E-state index in [2.05, 4.69) is 16.7 Å². The Hall–Kier alpha value is -2.47. The third-order valence-electron chi connectivity index (χ3n) is 3.40. The van der Waals surface area contributed by atoms with Crippen molar-refractivity contribution in [3.8, 4) is 5.75 Å². The van der Waals surface area contributed by atoms with E-state index in [0.29, 0.717) is 5.75 Å². The quantitative estimate of drug-likeness (QED) is 0.745. The molecule has 2 aromatic carbocycles. The predicted octanol–water partition coefficient (Wildman–Crippen LogP) is 3.28. The zero-order valence-electron chi connectivity index (χ0n) is 13.4. The Balaban J connectivity index is 1.65. The Labute approximate surface area is 144 Å². The second kappa shape index (κ2) is 6.57. The van der Waals surface area contributed by atoms with Crippen molar-refractivity contribution in [2.24, 2.45) is 0 Å². The van der Waals surface area contributed by atoms with Gasteiger partial charge in [-0.05, 0) is 38.1 Å². The summed E-state index contributed by atoms with van der Waals surface area (Å²) >= 11 is 1.69. The van der Waals surface area contributed by atoms with Gasteiger partial charge in [-0.2, -0.15) is 0 Å². The van der Waals surface area contributed by atoms with E-state index in [1.165, 1.54) is 4.90 Å². The molecule has 0 aromatic heterocycles. The molecule has 1 radical (unpaired) electrons. The van der Waals surface area contributed by atoms with E-state index in [0.717, 1.165) is 16.3 Å². The van der Waals surface area contributed by atoms with Gasteiger partial charge in [0.1, 0.15) is 11.3 Å². The summed E-state index contributed by atoms with van der Waals surface area (Å²) in [7, 11) is 0. The Morgan fingerprint density at radius 2 is 1.96 bits per heavy atom. The number of carbonyl (C=O) groups excluding carboxylic acids is 2. The second-order valence-electron chi connectivity index (χ2n) is 5.95. The first kappa shape index (κ1) is 16.4. The fraction of sp³-hybridized carbons (Fsp3) is 0.222. The summed E-state index contributed by atoms with van der Waals surface area (Å²) in [6, 6.07) is 13.7. The van der Waals surface area contributed by atoms with Crippen molar-refractivity contribution in [3.63, 3.8) is 0 Å². The number of hydrogen-bond acceptors (Lipinski definition) is 5. The highest BCUT2D eigenvalue weighted by Gasteiger charge is 2.21. The van der Waals surface area contributed by atoms with Crippen LogP contribution < -0.4 is 15.4 Å². The van der Waals surface area contributed by atoms with Crippen molar-refractivity contribution < 1.29 is 14.3 Å². The van der Waals surface area contributed by atoms with Crippen LogP contribution in [0.15, 0.2) is 52.3 Å². The van der Waals surface area contributed by atoms with Crippen LogP contribution in [0.5, 0.6) is 5.75 Å². The van der Waals surface area contributed by atoms with Crippen LogP contribution in [0, 0.1) is 0 Å². The van der Waals surface area contributed by atoms with Gasteiger partial charge in [0.2, 0.25) is 6.29 Å². The lowest BCUT2D eigenvalue weighted by Crippen LogP contribution is -2.46. The molecule has 0 unspecified atom stereocenters. The van der Waals surface area contributed by atoms with Crippen LogP contribution in [0.4, 0.5) is 11.4 Å². The summed E-state index contributed by atoms with van der Waals surface area (Å²) in [5, 5.41) is 5.91. The van der Waals surface area contributed by atoms with Gasteiger partial charge >= 0.3 is 0 Å². The summed E-state index contributed by atoms with van der Waals surface area (Å²) < 4.78 is 5.52. The number of ether oxygens (including phenoxy) is 1. The van der Waals surface area contributed by atoms with Crippen LogP contribution >= 0.6 is 11.8 Å². The molecule has 123 valence electrons. The topological polar surface area (TPSA) is 67.4 Å². The van der Waals surface area contributed by atoms with Crippen LogP contribution in [0.2, 0.25) is 0 Å². The molecule has 2 aromatic rings. The molecule has 5 nitrogen and oxygen atoms in total. The van der Waals surface area contributed by atoms with Gasteiger partial charge in [-0.15, -0.1) is 0 Å². The average molecular weight is 341 g/mol. The maximum Gasteiger partial charge on any atom is 0.258 e. The molecule has 2 N–H and O–H groups in total. The van der Waals surface area contributed by atoms with E-state index in [-0.39, 0.29) is 12.5 Å². The van der Waals surface area contributed by atoms with Crippen LogP contribution in [-0.2, 0) is 9.59 Å². The number of para-hydroxylation sites is 1. The molecule has 24 heavy (non-hydrogen) atoms. The Morgan fingerprint density at radius 3 is 2.75 bits per heavy atom. The lowest BCUT2D eigenvalue weighted by atomic mass is 10.1. The summed E-state index contributed by atoms with van der Waals surface area (Å²) in [5.74, 6) is 0.220. The first-order valence-corrected chi connectivity index (χ1v) is 8.29. The number of hydrogen-bond donors (Lipinski definition) is 2. The minimum Gasteiger partial charge on any atom is -0.484 e. The van der Waals surface area contributed by atoms with Crippen molar-refractivity contribution in [2.45, 2.75) is 29.2 Å². The van der Waals surface area contributed by atoms with Crippen molar-refractivity contribution in [1.29, 1.82) is 0 Å². The molecular weight excluding hydrogens is 324 g/mol. The Bertz CT molecular complexity index is 790. The summed E-state index contributed by atoms with van der Waals surface area (Å²) in [6.45, 7) is 3.00. The fourth-order valence-corrected chi connectivity index (χ4v) is 3.24. The van der Waals surface area contributed by atoms with Crippen LogP contribution in [0.1, 0.15) is 13.8 Å². The van der Waals surface area contributed by atoms with Crippen LogP contribution in [0.3, 0.4) is 0 Å². The molecule has 6 heteroatoms. The molecule has 3 rings (SSSR count). The van der Waals surface area contributed by atoms with Gasteiger partial charge in [0, 0.05) is 15.9 Å². The van der Waals surface area contributed by atoms with Crippen molar-refractivity contribution in [3.05, 3.63) is 42.5 Å². The molecule has 0 aliphatic carbocycles. The van der Waals surface area contributed by atoms with E-state index in [1.807, 2.05) is 36.4 Å². The zero-order chi connectivity index (χ0) is 17.2. The standard InChI is InChI=1S/C18H17N2O3S/c1-18(2,11-21)20-17(22)10-23-12-7-8-16-14(9-12)19-13-5-3-4-6-15(13)24-16/h3-9,19H,10H2,1-2H3,(H,20,22). The molecule has 1 amide bonds. The highest BCUT2D eigenvalue weighted by atomic mass is 32.2. The van der Waals surface area contributed by atoms with Crippen LogP contribution in [0.25, 0.3) is 0 Å². The smallest absolute Gasteiger partial charge is 0.258 e. The molecule has 0 atom stereocenters. The van der Waals surface area contributed by atoms with Gasteiger partial charge in [-0.3, -0.25) is 9.59 Å². The van der Waals surface area contributed by atoms with Gasteiger partial charge in [0.15, 0.2) is 6.61 Å². The summed E-state index contributed by atoms with van der Waals surface area (Å²) in [5.41, 5.74) is 0.976. The van der Waals surface area contributed by atoms with E-state index in [1.54, 1.807) is 31.9 Å². The lowest BCUT2D eigenvalue weighted by Gasteiger charge is -2.21. The summed E-state index contributed by atoms with van der Waals surface area (Å²) in [4.78, 5) is 24.8. The number of fused-ring (bicyclic) bond motifs is 2. The number of carbonyl (C=O) groups is 1. The molecule has 1 aliphatic rings. The van der Waals surface area contributed by atoms with Crippen molar-refractivity contribution in [1.82, 2.24) is 5.32 Å². The molecule has 0 spiro atoms. The van der Waals surface area contributed by atoms with Crippen molar-refractivity contribution >= 4 is 35.3 Å². The highest BCUT2D eigenvalue weighted by molar-refractivity contribution is 7.99. The summed E-state index contributed by atoms with van der Waals surface area (Å²) in [6.07, 6.45) is 1.77. The van der Waals surface area contributed by atoms with Gasteiger partial charge in [0.05, 0.1) is 11.4 Å². The number of anilines is 2. The van der Waals surface area contributed by atoms with E-state index < -0.39 is 5.54 Å². The van der Waals surface area contributed by atoms with Gasteiger partial charge < -0.3 is 15.4 Å². The number of nitrogens with one attached hydrogen (secondary N) is 2. The van der Waals surface area contributed by atoms with E-state index in [9.17, 15) is 9.59 Å².